The van der Waals surface area contributed by atoms with Gasteiger partial charge in [-0.1, -0.05) is 57.0 Å². The van der Waals surface area contributed by atoms with Gasteiger partial charge >= 0.3 is 6.09 Å². The van der Waals surface area contributed by atoms with E-state index in [1.807, 2.05) is 36.4 Å². The molecule has 2 rings (SSSR count). The van der Waals surface area contributed by atoms with Crippen molar-refractivity contribution < 1.29 is 9.53 Å². The van der Waals surface area contributed by atoms with E-state index < -0.39 is 0 Å². The molecule has 118 valence electrons. The fourth-order valence-corrected chi connectivity index (χ4v) is 2.53. The van der Waals surface area contributed by atoms with Gasteiger partial charge in [0.15, 0.2) is 0 Å². The Bertz CT molecular complexity index is 609. The average Bonchev–Trinajstić information content (AvgIpc) is 2.54. The van der Waals surface area contributed by atoms with E-state index in [-0.39, 0.29) is 12.2 Å². The minimum absolute atomic E-state index is 0.00649. The number of amides is 1. The molecular weight excluding hydrogens is 274 g/mol. The van der Waals surface area contributed by atoms with Crippen LogP contribution in [-0.4, -0.2) is 12.2 Å². The van der Waals surface area contributed by atoms with Crippen LogP contribution in [0.5, 0.6) is 0 Å². The first kappa shape index (κ1) is 16.3. The number of anilines is 1. The van der Waals surface area contributed by atoms with Gasteiger partial charge in [0.25, 0.3) is 0 Å². The zero-order valence-corrected chi connectivity index (χ0v) is 13.5. The Morgan fingerprint density at radius 3 is 2.59 bits per heavy atom. The Labute approximate surface area is 132 Å². The van der Waals surface area contributed by atoms with E-state index in [4.69, 9.17) is 4.74 Å². The summed E-state index contributed by atoms with van der Waals surface area (Å²) in [5, 5.41) is 5.09. The lowest BCUT2D eigenvalue weighted by molar-refractivity contribution is 0.101. The molecule has 0 aliphatic heterocycles. The summed E-state index contributed by atoms with van der Waals surface area (Å²) in [6, 6.07) is 14.0. The van der Waals surface area contributed by atoms with Gasteiger partial charge in [-0.25, -0.2) is 4.79 Å². The summed E-state index contributed by atoms with van der Waals surface area (Å²) in [4.78, 5) is 12.0. The molecular formula is C19H25NO2. The minimum Gasteiger partial charge on any atom is -0.446 e. The van der Waals surface area contributed by atoms with Crippen molar-refractivity contribution in [2.24, 2.45) is 0 Å². The normalized spacial score (nSPS) is 12.1. The molecule has 0 aromatic heterocycles. The Morgan fingerprint density at radius 2 is 1.86 bits per heavy atom. The van der Waals surface area contributed by atoms with Gasteiger partial charge in [0.05, 0.1) is 0 Å². The van der Waals surface area contributed by atoms with Gasteiger partial charge < -0.3 is 4.74 Å². The predicted molar refractivity (Wildman–Crippen MR) is 92.3 cm³/mol. The van der Waals surface area contributed by atoms with Crippen molar-refractivity contribution in [2.45, 2.75) is 52.1 Å². The molecule has 0 heterocycles. The Balaban J connectivity index is 1.91. The van der Waals surface area contributed by atoms with Crippen LogP contribution in [0.15, 0.2) is 42.5 Å². The lowest BCUT2D eigenvalue weighted by atomic mass is 10.1. The highest BCUT2D eigenvalue weighted by Crippen LogP contribution is 2.19. The van der Waals surface area contributed by atoms with Gasteiger partial charge in [0.1, 0.15) is 6.10 Å². The number of ether oxygens (including phenoxy) is 1. The molecule has 0 fully saturated rings. The molecule has 2 aromatic rings. The van der Waals surface area contributed by atoms with E-state index in [9.17, 15) is 4.79 Å². The number of unbranched alkanes of at least 4 members (excludes halogenated alkanes) is 2. The summed E-state index contributed by atoms with van der Waals surface area (Å²) < 4.78 is 5.51. The number of carbonyl (C=O) groups excluding carboxylic acids is 1. The van der Waals surface area contributed by atoms with Crippen molar-refractivity contribution in [3.05, 3.63) is 42.5 Å². The second kappa shape index (κ2) is 8.42. The molecule has 2 aromatic carbocycles. The van der Waals surface area contributed by atoms with Crippen LogP contribution >= 0.6 is 0 Å². The first-order chi connectivity index (χ1) is 10.7. The van der Waals surface area contributed by atoms with E-state index in [0.29, 0.717) is 0 Å². The maximum absolute atomic E-state index is 12.0. The molecule has 22 heavy (non-hydrogen) atoms. The van der Waals surface area contributed by atoms with Gasteiger partial charge in [-0.05, 0) is 42.2 Å². The number of benzene rings is 2. The van der Waals surface area contributed by atoms with E-state index in [1.54, 1.807) is 0 Å². The largest absolute Gasteiger partial charge is 0.446 e. The van der Waals surface area contributed by atoms with Crippen molar-refractivity contribution in [1.29, 1.82) is 0 Å². The van der Waals surface area contributed by atoms with Gasteiger partial charge in [-0.3, -0.25) is 5.32 Å². The molecule has 0 unspecified atom stereocenters. The zero-order chi connectivity index (χ0) is 15.8. The Kier molecular flexibility index (Phi) is 6.26. The van der Waals surface area contributed by atoms with Crippen molar-refractivity contribution >= 4 is 22.6 Å². The maximum Gasteiger partial charge on any atom is 0.411 e. The Hall–Kier alpha value is -2.03. The summed E-state index contributed by atoms with van der Waals surface area (Å²) in [5.41, 5.74) is 0.770. The predicted octanol–water partition coefficient (Wildman–Crippen LogP) is 5.75. The molecule has 1 amide bonds. The third-order valence-corrected chi connectivity index (χ3v) is 3.85. The van der Waals surface area contributed by atoms with E-state index in [0.717, 1.165) is 35.7 Å². The number of hydrogen-bond donors (Lipinski definition) is 1. The fourth-order valence-electron chi connectivity index (χ4n) is 2.53. The highest BCUT2D eigenvalue weighted by atomic mass is 16.6. The van der Waals surface area contributed by atoms with Crippen LogP contribution in [0.4, 0.5) is 10.5 Å². The van der Waals surface area contributed by atoms with E-state index >= 15 is 0 Å². The lowest BCUT2D eigenvalue weighted by Crippen LogP contribution is -2.22. The van der Waals surface area contributed by atoms with Crippen molar-refractivity contribution in [1.82, 2.24) is 0 Å². The SMILES string of the molecule is CCCCC[C@H](CC)OC(=O)Nc1ccc2ccccc2c1. The summed E-state index contributed by atoms with van der Waals surface area (Å²) in [6.45, 7) is 4.23. The molecule has 3 nitrogen and oxygen atoms in total. The third-order valence-electron chi connectivity index (χ3n) is 3.85. The minimum atomic E-state index is -0.362. The first-order valence-electron chi connectivity index (χ1n) is 8.19. The molecule has 0 aliphatic rings. The number of fused-ring (bicyclic) bond motifs is 1. The second-order valence-corrected chi connectivity index (χ2v) is 5.62. The molecule has 0 spiro atoms. The molecule has 1 atom stereocenters. The van der Waals surface area contributed by atoms with Crippen LogP contribution in [0.2, 0.25) is 0 Å². The van der Waals surface area contributed by atoms with Crippen LogP contribution in [0.25, 0.3) is 10.8 Å². The van der Waals surface area contributed by atoms with Crippen LogP contribution in [-0.2, 0) is 4.74 Å². The van der Waals surface area contributed by atoms with Crippen molar-refractivity contribution in [3.63, 3.8) is 0 Å². The molecule has 0 saturated carbocycles. The number of hydrogen-bond acceptors (Lipinski definition) is 2. The van der Waals surface area contributed by atoms with Crippen LogP contribution in [0.1, 0.15) is 46.0 Å². The second-order valence-electron chi connectivity index (χ2n) is 5.62. The molecule has 0 bridgehead atoms. The number of carbonyl (C=O) groups is 1. The van der Waals surface area contributed by atoms with Crippen LogP contribution in [0.3, 0.4) is 0 Å². The quantitative estimate of drug-likeness (QED) is 0.661. The molecule has 0 saturated heterocycles. The van der Waals surface area contributed by atoms with Crippen molar-refractivity contribution in [3.8, 4) is 0 Å². The van der Waals surface area contributed by atoms with Gasteiger partial charge in [-0.15, -0.1) is 0 Å². The van der Waals surface area contributed by atoms with Crippen LogP contribution in [0, 0.1) is 0 Å². The standard InChI is InChI=1S/C19H25NO2/c1-3-5-6-11-18(4-2)22-19(21)20-17-13-12-15-9-7-8-10-16(15)14-17/h7-10,12-14,18H,3-6,11H2,1-2H3,(H,20,21)/t18-/m0/s1. The summed E-state index contributed by atoms with van der Waals surface area (Å²) in [6.07, 6.45) is 4.92. The fraction of sp³-hybridized carbons (Fsp3) is 0.421. The molecule has 1 N–H and O–H groups in total. The Morgan fingerprint density at radius 1 is 1.09 bits per heavy atom. The van der Waals surface area contributed by atoms with Crippen LogP contribution < -0.4 is 5.32 Å². The van der Waals surface area contributed by atoms with Gasteiger partial charge in [0.2, 0.25) is 0 Å². The summed E-state index contributed by atoms with van der Waals surface area (Å²) in [5.74, 6) is 0. The summed E-state index contributed by atoms with van der Waals surface area (Å²) >= 11 is 0. The molecule has 3 heteroatoms. The zero-order valence-electron chi connectivity index (χ0n) is 13.5. The third kappa shape index (κ3) is 4.76. The highest BCUT2D eigenvalue weighted by molar-refractivity contribution is 5.91. The smallest absolute Gasteiger partial charge is 0.411 e. The topological polar surface area (TPSA) is 38.3 Å². The van der Waals surface area contributed by atoms with Gasteiger partial charge in [0, 0.05) is 5.69 Å². The van der Waals surface area contributed by atoms with Gasteiger partial charge in [-0.2, -0.15) is 0 Å². The average molecular weight is 299 g/mol. The monoisotopic (exact) mass is 299 g/mol. The lowest BCUT2D eigenvalue weighted by Gasteiger charge is -2.16. The summed E-state index contributed by atoms with van der Waals surface area (Å²) in [7, 11) is 0. The maximum atomic E-state index is 12.0. The number of nitrogens with one attached hydrogen (secondary N) is 1. The van der Waals surface area contributed by atoms with E-state index in [2.05, 4.69) is 25.2 Å². The first-order valence-corrected chi connectivity index (χ1v) is 8.19. The number of rotatable bonds is 7. The molecule has 0 aliphatic carbocycles. The van der Waals surface area contributed by atoms with Crippen molar-refractivity contribution in [2.75, 3.05) is 5.32 Å². The molecule has 0 radical (unpaired) electrons. The van der Waals surface area contributed by atoms with E-state index in [1.165, 1.54) is 12.8 Å². The highest BCUT2D eigenvalue weighted by Gasteiger charge is 2.12.